The minimum atomic E-state index is 0.386. The monoisotopic (exact) mass is 262 g/mol. The maximum Gasteiger partial charge on any atom is 0.170 e. The van der Waals surface area contributed by atoms with Gasteiger partial charge in [0.2, 0.25) is 0 Å². The molecule has 0 aliphatic carbocycles. The third kappa shape index (κ3) is 1.01. The highest BCUT2D eigenvalue weighted by Gasteiger charge is 2.02. The van der Waals surface area contributed by atoms with E-state index in [1.807, 2.05) is 6.07 Å². The van der Waals surface area contributed by atoms with Crippen LogP contribution < -0.4 is 0 Å². The summed E-state index contributed by atoms with van der Waals surface area (Å²) in [5.41, 5.74) is 0.386. The normalized spacial score (nSPS) is 10.7. The molecule has 0 unspecified atom stereocenters. The average molecular weight is 262 g/mol. The van der Waals surface area contributed by atoms with Crippen LogP contribution in [0.25, 0.3) is 11.0 Å². The summed E-state index contributed by atoms with van der Waals surface area (Å²) < 4.78 is 13.8. The molecule has 0 radical (unpaired) electrons. The van der Waals surface area contributed by atoms with Gasteiger partial charge in [-0.3, -0.25) is 0 Å². The highest BCUT2D eigenvalue weighted by atomic mass is 127. The first kappa shape index (κ1) is 7.02. The molecule has 0 amide bonds. The molecular weight excluding hydrogens is 258 g/mol. The molecule has 2 nitrogen and oxygen atoms in total. The minimum Gasteiger partial charge on any atom is -0.236 e. The van der Waals surface area contributed by atoms with Gasteiger partial charge >= 0.3 is 0 Å². The molecule has 4 heteroatoms. The molecule has 2 heterocycles. The lowest BCUT2D eigenvalue weighted by molar-refractivity contribution is 0.385. The Morgan fingerprint density at radius 3 is 3.00 bits per heavy atom. The Bertz CT molecular complexity index is 396. The van der Waals surface area contributed by atoms with Gasteiger partial charge in [0.25, 0.3) is 0 Å². The summed E-state index contributed by atoms with van der Waals surface area (Å²) in [5, 5.41) is 0.857. The van der Waals surface area contributed by atoms with Crippen LogP contribution in [0.15, 0.2) is 24.5 Å². The van der Waals surface area contributed by atoms with Crippen LogP contribution in [-0.4, -0.2) is 9.77 Å². The van der Waals surface area contributed by atoms with Gasteiger partial charge in [-0.25, -0.2) is 4.98 Å². The number of rotatable bonds is 0. The van der Waals surface area contributed by atoms with E-state index in [-0.39, 0.29) is 0 Å². The summed E-state index contributed by atoms with van der Waals surface area (Å²) in [6, 6.07) is 3.56. The van der Waals surface area contributed by atoms with Crippen LogP contribution in [0, 0.1) is 3.57 Å². The number of aromatic nitrogens is 2. The Kier molecular flexibility index (Phi) is 1.56. The van der Waals surface area contributed by atoms with Gasteiger partial charge in [-0.15, -0.1) is 0 Å². The highest BCUT2D eigenvalue weighted by molar-refractivity contribution is 14.1. The molecule has 0 saturated carbocycles. The molecule has 2 aromatic heterocycles. The molecule has 56 valence electrons. The van der Waals surface area contributed by atoms with E-state index in [9.17, 15) is 4.48 Å². The average Bonchev–Trinajstić information content (AvgIpc) is 2.35. The van der Waals surface area contributed by atoms with Crippen LogP contribution in [-0.2, 0) is 0 Å². The first-order valence-corrected chi connectivity index (χ1v) is 4.14. The molecule has 0 atom stereocenters. The summed E-state index contributed by atoms with van der Waals surface area (Å²) in [4.78, 5) is 4.41. The zero-order valence-corrected chi connectivity index (χ0v) is 7.62. The van der Waals surface area contributed by atoms with E-state index in [2.05, 4.69) is 27.6 Å². The lowest BCUT2D eigenvalue weighted by Crippen LogP contribution is -1.83. The lowest BCUT2D eigenvalue weighted by atomic mass is 10.3. The Morgan fingerprint density at radius 2 is 2.27 bits per heavy atom. The van der Waals surface area contributed by atoms with E-state index < -0.39 is 0 Å². The summed E-state index contributed by atoms with van der Waals surface area (Å²) in [6.07, 6.45) is 2.96. The van der Waals surface area contributed by atoms with Crippen molar-refractivity contribution in [3.05, 3.63) is 28.1 Å². The maximum absolute atomic E-state index is 12.8. The molecule has 2 rings (SSSR count). The van der Waals surface area contributed by atoms with Crippen LogP contribution in [0.3, 0.4) is 0 Å². The van der Waals surface area contributed by atoms with Crippen molar-refractivity contribution in [2.75, 3.05) is 0 Å². The second-order valence-electron chi connectivity index (χ2n) is 2.16. The standard InChI is InChI=1S/C7H4FIN2/c8-11-4-2-5-6(9)1-3-10-7(5)11/h1-4H. The van der Waals surface area contributed by atoms with Gasteiger partial charge in [0.1, 0.15) is 0 Å². The maximum atomic E-state index is 12.8. The summed E-state index contributed by atoms with van der Waals surface area (Å²) >= 11 is 2.15. The molecule has 11 heavy (non-hydrogen) atoms. The molecule has 0 saturated heterocycles. The Balaban J connectivity index is 2.94. The Morgan fingerprint density at radius 1 is 1.45 bits per heavy atom. The fourth-order valence-electron chi connectivity index (χ4n) is 0.974. The van der Waals surface area contributed by atoms with E-state index in [1.54, 1.807) is 12.3 Å². The predicted molar refractivity (Wildman–Crippen MR) is 49.0 cm³/mol. The number of hydrogen-bond acceptors (Lipinski definition) is 1. The van der Waals surface area contributed by atoms with E-state index >= 15 is 0 Å². The van der Waals surface area contributed by atoms with Gasteiger partial charge in [0.15, 0.2) is 5.65 Å². The van der Waals surface area contributed by atoms with Crippen LogP contribution >= 0.6 is 22.6 Å². The summed E-state index contributed by atoms with van der Waals surface area (Å²) in [5.74, 6) is 0. The second-order valence-corrected chi connectivity index (χ2v) is 3.32. The van der Waals surface area contributed by atoms with Crippen molar-refractivity contribution in [2.45, 2.75) is 0 Å². The van der Waals surface area contributed by atoms with Crippen molar-refractivity contribution >= 4 is 33.6 Å². The highest BCUT2D eigenvalue weighted by Crippen LogP contribution is 2.18. The molecular formula is C7H4FIN2. The zero-order chi connectivity index (χ0) is 7.84. The second kappa shape index (κ2) is 2.44. The molecule has 0 N–H and O–H groups in total. The molecule has 0 bridgehead atoms. The molecule has 0 aromatic carbocycles. The first-order valence-electron chi connectivity index (χ1n) is 3.07. The van der Waals surface area contributed by atoms with Gasteiger partial charge in [-0.1, -0.05) is 4.48 Å². The van der Waals surface area contributed by atoms with E-state index in [0.717, 1.165) is 8.96 Å². The Hall–Kier alpha value is -0.650. The van der Waals surface area contributed by atoms with Crippen molar-refractivity contribution in [2.24, 2.45) is 0 Å². The van der Waals surface area contributed by atoms with E-state index in [4.69, 9.17) is 0 Å². The number of halogens is 2. The van der Waals surface area contributed by atoms with Crippen molar-refractivity contribution in [3.63, 3.8) is 0 Å². The molecule has 0 fully saturated rings. The molecule has 0 aliphatic heterocycles. The van der Waals surface area contributed by atoms with Crippen LogP contribution in [0.5, 0.6) is 0 Å². The number of fused-ring (bicyclic) bond motifs is 1. The van der Waals surface area contributed by atoms with Crippen molar-refractivity contribution < 1.29 is 4.48 Å². The van der Waals surface area contributed by atoms with Gasteiger partial charge < -0.3 is 0 Å². The number of nitrogens with zero attached hydrogens (tertiary/aromatic N) is 2. The fourth-order valence-corrected chi connectivity index (χ4v) is 1.56. The number of hydrogen-bond donors (Lipinski definition) is 0. The number of pyridine rings is 1. The quantitative estimate of drug-likeness (QED) is 0.666. The SMILES string of the molecule is Fn1ccc2c(I)ccnc21. The Labute approximate surface area is 76.1 Å². The summed E-state index contributed by atoms with van der Waals surface area (Å²) in [6.45, 7) is 0. The predicted octanol–water partition coefficient (Wildman–Crippen LogP) is 2.37. The van der Waals surface area contributed by atoms with E-state index in [1.165, 1.54) is 6.20 Å². The van der Waals surface area contributed by atoms with Crippen molar-refractivity contribution in [1.82, 2.24) is 9.77 Å². The van der Waals surface area contributed by atoms with Gasteiger partial charge in [0, 0.05) is 21.4 Å². The van der Waals surface area contributed by atoms with Gasteiger partial charge in [-0.2, -0.15) is 4.79 Å². The van der Waals surface area contributed by atoms with Crippen molar-refractivity contribution in [3.8, 4) is 0 Å². The zero-order valence-electron chi connectivity index (χ0n) is 5.46. The van der Waals surface area contributed by atoms with Gasteiger partial charge in [-0.05, 0) is 34.7 Å². The van der Waals surface area contributed by atoms with Crippen LogP contribution in [0.2, 0.25) is 0 Å². The molecule has 0 aliphatic rings. The topological polar surface area (TPSA) is 17.8 Å². The lowest BCUT2D eigenvalue weighted by Gasteiger charge is -1.91. The molecule has 0 spiro atoms. The third-order valence-corrected chi connectivity index (χ3v) is 2.43. The largest absolute Gasteiger partial charge is 0.236 e. The van der Waals surface area contributed by atoms with Gasteiger partial charge in [0.05, 0.1) is 0 Å². The van der Waals surface area contributed by atoms with Crippen LogP contribution in [0.1, 0.15) is 0 Å². The van der Waals surface area contributed by atoms with Crippen molar-refractivity contribution in [1.29, 1.82) is 0 Å². The summed E-state index contributed by atoms with van der Waals surface area (Å²) in [7, 11) is 0. The minimum absolute atomic E-state index is 0.386. The third-order valence-electron chi connectivity index (χ3n) is 1.49. The fraction of sp³-hybridized carbons (Fsp3) is 0. The molecule has 2 aromatic rings. The smallest absolute Gasteiger partial charge is 0.170 e. The first-order chi connectivity index (χ1) is 5.29. The van der Waals surface area contributed by atoms with Crippen LogP contribution in [0.4, 0.5) is 4.48 Å². The van der Waals surface area contributed by atoms with E-state index in [0.29, 0.717) is 10.4 Å².